The Bertz CT molecular complexity index is 580. The lowest BCUT2D eigenvalue weighted by molar-refractivity contribution is 0.514. The van der Waals surface area contributed by atoms with Crippen molar-refractivity contribution in [2.45, 2.75) is 32.4 Å². The molecule has 0 amide bonds. The Morgan fingerprint density at radius 1 is 1.35 bits per heavy atom. The van der Waals surface area contributed by atoms with Crippen molar-refractivity contribution in [2.75, 3.05) is 7.05 Å². The first-order chi connectivity index (χ1) is 9.51. The predicted octanol–water partition coefficient (Wildman–Crippen LogP) is 4.23. The van der Waals surface area contributed by atoms with E-state index in [-0.39, 0.29) is 6.04 Å². The third-order valence-electron chi connectivity index (χ3n) is 3.29. The Kier molecular flexibility index (Phi) is 5.46. The number of aromatic nitrogens is 2. The number of likely N-dealkylation sites (N-methyl/N-ethyl adjacent to an activating group) is 1. The molecule has 20 heavy (non-hydrogen) atoms. The zero-order valence-electron chi connectivity index (χ0n) is 11.9. The van der Waals surface area contributed by atoms with E-state index in [2.05, 4.69) is 59.0 Å². The van der Waals surface area contributed by atoms with E-state index in [0.29, 0.717) is 6.04 Å². The van der Waals surface area contributed by atoms with Crippen molar-refractivity contribution in [3.05, 3.63) is 50.3 Å². The van der Waals surface area contributed by atoms with Crippen molar-refractivity contribution in [1.29, 1.82) is 0 Å². The molecular weight excluding hydrogens is 385 g/mol. The van der Waals surface area contributed by atoms with Gasteiger partial charge in [-0.25, -0.2) is 0 Å². The topological polar surface area (TPSA) is 29.9 Å². The third-order valence-corrected chi connectivity index (χ3v) is 4.51. The van der Waals surface area contributed by atoms with Crippen LogP contribution in [-0.2, 0) is 6.42 Å². The lowest BCUT2D eigenvalue weighted by Gasteiger charge is -2.17. The molecule has 0 fully saturated rings. The van der Waals surface area contributed by atoms with Gasteiger partial charge in [-0.1, -0.05) is 11.6 Å². The van der Waals surface area contributed by atoms with E-state index < -0.39 is 0 Å². The molecule has 5 heteroatoms. The third kappa shape index (κ3) is 3.74. The molecular formula is C15H19ClIN3. The number of halogens is 2. The van der Waals surface area contributed by atoms with Crippen LogP contribution < -0.4 is 5.32 Å². The molecule has 2 rings (SSSR count). The minimum atomic E-state index is 0.219. The summed E-state index contributed by atoms with van der Waals surface area (Å²) in [6, 6.07) is 8.70. The number of benzene rings is 1. The second kappa shape index (κ2) is 6.91. The van der Waals surface area contributed by atoms with E-state index in [1.54, 1.807) is 0 Å². The molecule has 2 aromatic rings. The number of rotatable bonds is 5. The number of hydrogen-bond acceptors (Lipinski definition) is 2. The number of nitrogens with one attached hydrogen (secondary N) is 1. The predicted molar refractivity (Wildman–Crippen MR) is 92.3 cm³/mol. The molecule has 1 aromatic carbocycles. The highest BCUT2D eigenvalue weighted by Gasteiger charge is 2.15. The fraction of sp³-hybridized carbons (Fsp3) is 0.400. The van der Waals surface area contributed by atoms with Crippen LogP contribution in [0.1, 0.15) is 37.2 Å². The molecule has 3 nitrogen and oxygen atoms in total. The van der Waals surface area contributed by atoms with Crippen LogP contribution in [-0.4, -0.2) is 16.8 Å². The fourth-order valence-corrected chi connectivity index (χ4v) is 3.02. The molecule has 1 aromatic heterocycles. The standard InChI is InChI=1S/C15H19ClIN3/c1-10(2)20-7-6-12(19-20)9-15(18-3)13-8-11(16)4-5-14(13)17/h4-8,10,15,18H,9H2,1-3H3. The summed E-state index contributed by atoms with van der Waals surface area (Å²) in [6.07, 6.45) is 2.89. The van der Waals surface area contributed by atoms with Crippen LogP contribution in [0.15, 0.2) is 30.5 Å². The Hall–Kier alpha value is -0.590. The van der Waals surface area contributed by atoms with E-state index in [9.17, 15) is 0 Å². The van der Waals surface area contributed by atoms with Crippen LogP contribution in [0, 0.1) is 3.57 Å². The smallest absolute Gasteiger partial charge is 0.0643 e. The van der Waals surface area contributed by atoms with Gasteiger partial charge in [0.25, 0.3) is 0 Å². The molecule has 1 heterocycles. The zero-order valence-corrected chi connectivity index (χ0v) is 14.8. The van der Waals surface area contributed by atoms with Crippen LogP contribution in [0.4, 0.5) is 0 Å². The van der Waals surface area contributed by atoms with Gasteiger partial charge in [0.1, 0.15) is 0 Å². The monoisotopic (exact) mass is 403 g/mol. The van der Waals surface area contributed by atoms with Gasteiger partial charge in [-0.3, -0.25) is 4.68 Å². The molecule has 0 saturated heterocycles. The van der Waals surface area contributed by atoms with Crippen molar-refractivity contribution in [3.8, 4) is 0 Å². The van der Waals surface area contributed by atoms with Gasteiger partial charge in [0.05, 0.1) is 5.69 Å². The molecule has 0 aliphatic heterocycles. The lowest BCUT2D eigenvalue weighted by atomic mass is 10.0. The van der Waals surface area contributed by atoms with Crippen LogP contribution in [0.2, 0.25) is 5.02 Å². The second-order valence-electron chi connectivity index (χ2n) is 5.09. The Balaban J connectivity index is 2.21. The fourth-order valence-electron chi connectivity index (χ4n) is 2.13. The molecule has 1 N–H and O–H groups in total. The highest BCUT2D eigenvalue weighted by atomic mass is 127. The maximum Gasteiger partial charge on any atom is 0.0643 e. The normalized spacial score (nSPS) is 12.9. The summed E-state index contributed by atoms with van der Waals surface area (Å²) in [6.45, 7) is 4.26. The van der Waals surface area contributed by atoms with Gasteiger partial charge in [-0.2, -0.15) is 5.10 Å². The average molecular weight is 404 g/mol. The Morgan fingerprint density at radius 2 is 2.10 bits per heavy atom. The van der Waals surface area contributed by atoms with E-state index in [0.717, 1.165) is 17.1 Å². The van der Waals surface area contributed by atoms with Crippen LogP contribution in [0.3, 0.4) is 0 Å². The highest BCUT2D eigenvalue weighted by Crippen LogP contribution is 2.26. The SMILES string of the molecule is CNC(Cc1ccn(C(C)C)n1)c1cc(Cl)ccc1I. The summed E-state index contributed by atoms with van der Waals surface area (Å²) in [4.78, 5) is 0. The first kappa shape index (κ1) is 15.8. The summed E-state index contributed by atoms with van der Waals surface area (Å²) < 4.78 is 3.21. The summed E-state index contributed by atoms with van der Waals surface area (Å²) in [7, 11) is 1.97. The number of hydrogen-bond donors (Lipinski definition) is 1. The molecule has 0 bridgehead atoms. The van der Waals surface area contributed by atoms with Gasteiger partial charge in [-0.15, -0.1) is 0 Å². The minimum Gasteiger partial charge on any atom is -0.313 e. The summed E-state index contributed by atoms with van der Waals surface area (Å²) in [5.74, 6) is 0. The Labute approximate surface area is 138 Å². The van der Waals surface area contributed by atoms with Gasteiger partial charge < -0.3 is 5.32 Å². The Morgan fingerprint density at radius 3 is 2.70 bits per heavy atom. The van der Waals surface area contributed by atoms with Gasteiger partial charge in [-0.05, 0) is 73.3 Å². The van der Waals surface area contributed by atoms with Crippen molar-refractivity contribution < 1.29 is 0 Å². The van der Waals surface area contributed by atoms with E-state index in [1.807, 2.05) is 30.1 Å². The minimum absolute atomic E-state index is 0.219. The maximum atomic E-state index is 6.12. The molecule has 1 unspecified atom stereocenters. The first-order valence-corrected chi connectivity index (χ1v) is 8.13. The quantitative estimate of drug-likeness (QED) is 0.757. The van der Waals surface area contributed by atoms with Gasteiger partial charge in [0, 0.05) is 33.3 Å². The van der Waals surface area contributed by atoms with Gasteiger partial charge in [0.15, 0.2) is 0 Å². The van der Waals surface area contributed by atoms with Gasteiger partial charge in [0.2, 0.25) is 0 Å². The number of nitrogens with zero attached hydrogens (tertiary/aromatic N) is 2. The molecule has 0 radical (unpaired) electrons. The van der Waals surface area contributed by atoms with Crippen LogP contribution >= 0.6 is 34.2 Å². The summed E-state index contributed by atoms with van der Waals surface area (Å²) in [5.41, 5.74) is 2.31. The van der Waals surface area contributed by atoms with Crippen LogP contribution in [0.25, 0.3) is 0 Å². The molecule has 0 aliphatic carbocycles. The molecule has 108 valence electrons. The molecule has 0 saturated carbocycles. The van der Waals surface area contributed by atoms with E-state index >= 15 is 0 Å². The lowest BCUT2D eigenvalue weighted by Crippen LogP contribution is -2.20. The highest BCUT2D eigenvalue weighted by molar-refractivity contribution is 14.1. The summed E-state index contributed by atoms with van der Waals surface area (Å²) >= 11 is 8.47. The summed E-state index contributed by atoms with van der Waals surface area (Å²) in [5, 5.41) is 8.75. The van der Waals surface area contributed by atoms with Crippen LogP contribution in [0.5, 0.6) is 0 Å². The molecule has 0 aliphatic rings. The van der Waals surface area contributed by atoms with E-state index in [4.69, 9.17) is 11.6 Å². The zero-order chi connectivity index (χ0) is 14.7. The first-order valence-electron chi connectivity index (χ1n) is 6.67. The van der Waals surface area contributed by atoms with Crippen molar-refractivity contribution in [1.82, 2.24) is 15.1 Å². The average Bonchev–Trinajstić information content (AvgIpc) is 2.88. The van der Waals surface area contributed by atoms with Crippen molar-refractivity contribution in [3.63, 3.8) is 0 Å². The van der Waals surface area contributed by atoms with Crippen molar-refractivity contribution in [2.24, 2.45) is 0 Å². The van der Waals surface area contributed by atoms with Crippen molar-refractivity contribution >= 4 is 34.2 Å². The van der Waals surface area contributed by atoms with Gasteiger partial charge >= 0.3 is 0 Å². The molecule has 0 spiro atoms. The van der Waals surface area contributed by atoms with E-state index in [1.165, 1.54) is 9.13 Å². The second-order valence-corrected chi connectivity index (χ2v) is 6.69. The molecule has 1 atom stereocenters. The largest absolute Gasteiger partial charge is 0.313 e. The maximum absolute atomic E-state index is 6.12.